The van der Waals surface area contributed by atoms with Crippen molar-refractivity contribution in [2.45, 2.75) is 129 Å². The van der Waals surface area contributed by atoms with Crippen LogP contribution in [0.15, 0.2) is 24.3 Å². The number of esters is 2. The zero-order chi connectivity index (χ0) is 27.6. The Morgan fingerprint density at radius 2 is 1.22 bits per heavy atom. The summed E-state index contributed by atoms with van der Waals surface area (Å²) in [7, 11) is -4.73. The molecule has 0 saturated carbocycles. The van der Waals surface area contributed by atoms with Crippen LogP contribution in [0.5, 0.6) is 0 Å². The molecule has 1 atom stereocenters. The number of phosphoric acid groups is 1. The number of ether oxygens (including phenoxy) is 2. The van der Waals surface area contributed by atoms with Crippen molar-refractivity contribution in [3.8, 4) is 0 Å². The van der Waals surface area contributed by atoms with Crippen LogP contribution in [0, 0.1) is 0 Å². The lowest BCUT2D eigenvalue weighted by Crippen LogP contribution is -2.29. The van der Waals surface area contributed by atoms with E-state index in [2.05, 4.69) is 35.8 Å². The van der Waals surface area contributed by atoms with Crippen molar-refractivity contribution in [3.63, 3.8) is 0 Å². The summed E-state index contributed by atoms with van der Waals surface area (Å²) in [5.74, 6) is -0.933. The van der Waals surface area contributed by atoms with Gasteiger partial charge in [0.1, 0.15) is 6.61 Å². The quantitative estimate of drug-likeness (QED) is 0.0528. The smallest absolute Gasteiger partial charge is 0.462 e. The normalized spacial score (nSPS) is 12.9. The van der Waals surface area contributed by atoms with Gasteiger partial charge in [0.15, 0.2) is 6.10 Å². The van der Waals surface area contributed by atoms with E-state index in [0.29, 0.717) is 12.8 Å². The molecule has 0 fully saturated rings. The molecule has 9 heteroatoms. The van der Waals surface area contributed by atoms with Crippen LogP contribution >= 0.6 is 7.82 Å². The summed E-state index contributed by atoms with van der Waals surface area (Å²) in [6.45, 7) is 3.42. The molecule has 1 unspecified atom stereocenters. The molecule has 0 spiro atoms. The lowest BCUT2D eigenvalue weighted by Gasteiger charge is -2.18. The molecule has 8 nitrogen and oxygen atoms in total. The van der Waals surface area contributed by atoms with Crippen molar-refractivity contribution >= 4 is 19.8 Å². The first-order valence-electron chi connectivity index (χ1n) is 14.1. The maximum absolute atomic E-state index is 12.2. The van der Waals surface area contributed by atoms with Gasteiger partial charge < -0.3 is 19.3 Å². The van der Waals surface area contributed by atoms with Gasteiger partial charge in [0, 0.05) is 12.8 Å². The Balaban J connectivity index is 3.97. The van der Waals surface area contributed by atoms with Crippen LogP contribution in [0.25, 0.3) is 0 Å². The van der Waals surface area contributed by atoms with E-state index in [9.17, 15) is 14.2 Å². The van der Waals surface area contributed by atoms with Gasteiger partial charge in [0.25, 0.3) is 0 Å². The zero-order valence-electron chi connectivity index (χ0n) is 23.1. The highest BCUT2D eigenvalue weighted by Gasteiger charge is 2.22. The lowest BCUT2D eigenvalue weighted by molar-refractivity contribution is -0.161. The Morgan fingerprint density at radius 1 is 0.703 bits per heavy atom. The Labute approximate surface area is 224 Å². The van der Waals surface area contributed by atoms with Gasteiger partial charge in [-0.05, 0) is 44.9 Å². The highest BCUT2D eigenvalue weighted by Crippen LogP contribution is 2.35. The van der Waals surface area contributed by atoms with Gasteiger partial charge in [-0.25, -0.2) is 4.57 Å². The van der Waals surface area contributed by atoms with Crippen molar-refractivity contribution in [1.29, 1.82) is 0 Å². The van der Waals surface area contributed by atoms with Crippen molar-refractivity contribution in [3.05, 3.63) is 24.3 Å². The third-order valence-electron chi connectivity index (χ3n) is 5.72. The third-order valence-corrected chi connectivity index (χ3v) is 6.21. The topological polar surface area (TPSA) is 119 Å². The molecule has 0 amide bonds. The first kappa shape index (κ1) is 35.5. The number of hydrogen-bond donors (Lipinski definition) is 2. The summed E-state index contributed by atoms with van der Waals surface area (Å²) < 4.78 is 25.8. The zero-order valence-corrected chi connectivity index (χ0v) is 24.0. The van der Waals surface area contributed by atoms with E-state index in [1.54, 1.807) is 0 Å². The number of allylic oxidation sites excluding steroid dienone is 4. The molecular weight excluding hydrogens is 495 g/mol. The Morgan fingerprint density at radius 3 is 1.84 bits per heavy atom. The van der Waals surface area contributed by atoms with Gasteiger partial charge in [-0.3, -0.25) is 14.1 Å². The Bertz CT molecular complexity index is 671. The summed E-state index contributed by atoms with van der Waals surface area (Å²) in [5.41, 5.74) is 0. The van der Waals surface area contributed by atoms with E-state index in [-0.39, 0.29) is 19.4 Å². The first-order chi connectivity index (χ1) is 17.8. The molecular formula is C28H51O8P. The molecule has 0 aromatic carbocycles. The van der Waals surface area contributed by atoms with Crippen molar-refractivity contribution in [2.24, 2.45) is 0 Å². The minimum absolute atomic E-state index is 0.196. The van der Waals surface area contributed by atoms with E-state index < -0.39 is 32.5 Å². The van der Waals surface area contributed by atoms with Gasteiger partial charge in [0.2, 0.25) is 0 Å². The van der Waals surface area contributed by atoms with Gasteiger partial charge in [-0.1, -0.05) is 89.5 Å². The maximum atomic E-state index is 12.2. The summed E-state index contributed by atoms with van der Waals surface area (Å²) >= 11 is 0. The van der Waals surface area contributed by atoms with E-state index in [1.807, 2.05) is 6.92 Å². The van der Waals surface area contributed by atoms with Crippen LogP contribution in [0.4, 0.5) is 0 Å². The fourth-order valence-corrected chi connectivity index (χ4v) is 3.94. The van der Waals surface area contributed by atoms with Crippen LogP contribution in [0.2, 0.25) is 0 Å². The summed E-state index contributed by atoms with van der Waals surface area (Å²) in [6.07, 6.45) is 24.2. The molecule has 0 aromatic heterocycles. The minimum Gasteiger partial charge on any atom is -0.462 e. The number of phosphoric ester groups is 1. The number of unbranched alkanes of at least 4 members (excludes halogenated alkanes) is 11. The Hall–Kier alpha value is -1.47. The predicted octanol–water partition coefficient (Wildman–Crippen LogP) is 7.33. The second kappa shape index (κ2) is 24.8. The first-order valence-corrected chi connectivity index (χ1v) is 15.7. The lowest BCUT2D eigenvalue weighted by atomic mass is 10.1. The SMILES string of the molecule is CCCCCC/C=C\C/C=C\CCCCCCCC(=O)OC(COC(=O)CCCCC)COP(=O)(O)O. The second-order valence-electron chi connectivity index (χ2n) is 9.37. The van der Waals surface area contributed by atoms with Crippen molar-refractivity contribution < 1.29 is 37.9 Å². The second-order valence-corrected chi connectivity index (χ2v) is 10.6. The van der Waals surface area contributed by atoms with Gasteiger partial charge in [0.05, 0.1) is 6.61 Å². The minimum atomic E-state index is -4.73. The molecule has 0 aliphatic heterocycles. The Kier molecular flexibility index (Phi) is 23.9. The third kappa shape index (κ3) is 27.4. The standard InChI is InChI=1S/C28H51O8P/c1-3-5-7-8-9-10-11-12-13-14-15-16-17-18-19-21-23-28(30)36-26(25-35-37(31,32)33)24-34-27(29)22-20-6-4-2/h10-11,13-14,26H,3-9,12,15-25H2,1-2H3,(H2,31,32,33)/b11-10-,14-13-. The molecule has 37 heavy (non-hydrogen) atoms. The average molecular weight is 547 g/mol. The monoisotopic (exact) mass is 546 g/mol. The molecule has 0 radical (unpaired) electrons. The van der Waals surface area contributed by atoms with Crippen molar-refractivity contribution in [2.75, 3.05) is 13.2 Å². The fourth-order valence-electron chi connectivity index (χ4n) is 3.58. The molecule has 0 aliphatic rings. The molecule has 0 aromatic rings. The van der Waals surface area contributed by atoms with Gasteiger partial charge in [-0.15, -0.1) is 0 Å². The maximum Gasteiger partial charge on any atom is 0.469 e. The largest absolute Gasteiger partial charge is 0.469 e. The highest BCUT2D eigenvalue weighted by atomic mass is 31.2. The highest BCUT2D eigenvalue weighted by molar-refractivity contribution is 7.46. The molecule has 0 rings (SSSR count). The number of carbonyl (C=O) groups excluding carboxylic acids is 2. The fraction of sp³-hybridized carbons (Fsp3) is 0.786. The van der Waals surface area contributed by atoms with E-state index in [1.165, 1.54) is 32.1 Å². The van der Waals surface area contributed by atoms with Crippen LogP contribution < -0.4 is 0 Å². The summed E-state index contributed by atoms with van der Waals surface area (Å²) in [6, 6.07) is 0. The van der Waals surface area contributed by atoms with Crippen LogP contribution in [0.1, 0.15) is 123 Å². The number of rotatable bonds is 25. The molecule has 216 valence electrons. The molecule has 2 N–H and O–H groups in total. The average Bonchev–Trinajstić information content (AvgIpc) is 2.85. The van der Waals surface area contributed by atoms with E-state index in [4.69, 9.17) is 19.3 Å². The summed E-state index contributed by atoms with van der Waals surface area (Å²) in [4.78, 5) is 41.8. The van der Waals surface area contributed by atoms with Gasteiger partial charge >= 0.3 is 19.8 Å². The predicted molar refractivity (Wildman–Crippen MR) is 147 cm³/mol. The van der Waals surface area contributed by atoms with Crippen LogP contribution in [-0.2, 0) is 28.2 Å². The molecule has 0 bridgehead atoms. The molecule has 0 aliphatic carbocycles. The van der Waals surface area contributed by atoms with E-state index in [0.717, 1.165) is 51.4 Å². The van der Waals surface area contributed by atoms with E-state index >= 15 is 0 Å². The van der Waals surface area contributed by atoms with Crippen molar-refractivity contribution in [1.82, 2.24) is 0 Å². The number of carbonyl (C=O) groups is 2. The molecule has 0 heterocycles. The van der Waals surface area contributed by atoms with Crippen LogP contribution in [-0.4, -0.2) is 41.0 Å². The number of hydrogen-bond acceptors (Lipinski definition) is 6. The van der Waals surface area contributed by atoms with Crippen LogP contribution in [0.3, 0.4) is 0 Å². The molecule has 0 saturated heterocycles. The summed E-state index contributed by atoms with van der Waals surface area (Å²) in [5, 5.41) is 0. The van der Waals surface area contributed by atoms with Gasteiger partial charge in [-0.2, -0.15) is 0 Å².